The van der Waals surface area contributed by atoms with Crippen molar-refractivity contribution in [2.24, 2.45) is 0 Å². The monoisotopic (exact) mass is 460 g/mol. The molecule has 1 N–H and O–H groups in total. The third kappa shape index (κ3) is 5.48. The van der Waals surface area contributed by atoms with Gasteiger partial charge in [0.15, 0.2) is 0 Å². The van der Waals surface area contributed by atoms with E-state index in [1.165, 1.54) is 18.2 Å². The average Bonchev–Trinajstić information content (AvgIpc) is 2.78. The molecule has 2 aromatic carbocycles. The minimum atomic E-state index is -5.36. The van der Waals surface area contributed by atoms with Gasteiger partial charge in [-0.25, -0.2) is 17.7 Å². The van der Waals surface area contributed by atoms with Gasteiger partial charge in [-0.05, 0) is 32.8 Å². The first-order chi connectivity index (χ1) is 16.7. The molecule has 0 fully saturated rings. The maximum Gasteiger partial charge on any atom is 0.513 e. The second kappa shape index (κ2) is 9.44. The summed E-state index contributed by atoms with van der Waals surface area (Å²) in [6.45, 7) is -6.64. The molecule has 0 aromatic heterocycles. The second-order valence-corrected chi connectivity index (χ2v) is 7.11. The fourth-order valence-electron chi connectivity index (χ4n) is 1.96. The number of halogens is 5. The molecule has 0 bridgehead atoms. The van der Waals surface area contributed by atoms with Crippen molar-refractivity contribution in [1.82, 2.24) is 5.09 Å². The predicted molar refractivity (Wildman–Crippen MR) is 95.4 cm³/mol. The number of para-hydroxylation sites is 1. The van der Waals surface area contributed by atoms with Gasteiger partial charge in [-0.15, -0.1) is 0 Å². The molecule has 0 heterocycles. The van der Waals surface area contributed by atoms with E-state index in [9.17, 15) is 31.3 Å². The SMILES string of the molecule is [2H]C([2H])([2H])C([2H])(OC(=O)[C@@H](C)N[P@@](=O)(Oc1ccccc1)Oc1c(F)c(F)c(F)c(F)c1F)C([2H])([2H])[2H]. The van der Waals surface area contributed by atoms with E-state index in [1.54, 1.807) is 5.09 Å². The van der Waals surface area contributed by atoms with Gasteiger partial charge in [0.25, 0.3) is 0 Å². The highest BCUT2D eigenvalue weighted by Gasteiger charge is 2.38. The smallest absolute Gasteiger partial charge is 0.462 e. The molecule has 0 spiro atoms. The molecule has 12 heteroatoms. The molecule has 0 radical (unpaired) electrons. The van der Waals surface area contributed by atoms with Crippen LogP contribution in [-0.4, -0.2) is 18.1 Å². The molecule has 2 rings (SSSR count). The summed E-state index contributed by atoms with van der Waals surface area (Å²) in [5.41, 5.74) is 0. The third-order valence-corrected chi connectivity index (χ3v) is 4.84. The summed E-state index contributed by atoms with van der Waals surface area (Å²) in [7, 11) is -5.36. The van der Waals surface area contributed by atoms with Crippen LogP contribution in [-0.2, 0) is 14.1 Å². The first kappa shape index (κ1) is 15.2. The lowest BCUT2D eigenvalue weighted by Crippen LogP contribution is -2.37. The van der Waals surface area contributed by atoms with Crippen LogP contribution < -0.4 is 14.1 Å². The standard InChI is InChI=1S/C18H17F5NO5P/c1-9(2)27-18(25)10(3)24-30(26,28-11-7-5-4-6-8-11)29-17-15(22)13(20)12(19)14(21)16(17)23/h4-10H,1-3H3,(H,24,26)/t10-,30-/m1/s1/i1D3,2D3,9D. The summed E-state index contributed by atoms with van der Waals surface area (Å²) in [5, 5.41) is 1.74. The lowest BCUT2D eigenvalue weighted by atomic mass is 10.3. The van der Waals surface area contributed by atoms with Crippen LogP contribution in [0.5, 0.6) is 11.5 Å². The van der Waals surface area contributed by atoms with Crippen molar-refractivity contribution in [3.8, 4) is 11.5 Å². The molecule has 6 nitrogen and oxygen atoms in total. The zero-order valence-electron chi connectivity index (χ0n) is 21.8. The Kier molecular flexibility index (Phi) is 4.78. The van der Waals surface area contributed by atoms with Gasteiger partial charge in [0.05, 0.1) is 7.45 Å². The summed E-state index contributed by atoms with van der Waals surface area (Å²) >= 11 is 0. The number of carbonyl (C=O) groups excluding carboxylic acids is 1. The van der Waals surface area contributed by atoms with Crippen molar-refractivity contribution >= 4 is 13.7 Å². The molecule has 0 aliphatic rings. The molecule has 0 unspecified atom stereocenters. The Labute approximate surface area is 178 Å². The van der Waals surface area contributed by atoms with E-state index in [0.29, 0.717) is 0 Å². The van der Waals surface area contributed by atoms with Gasteiger partial charge < -0.3 is 13.8 Å². The van der Waals surface area contributed by atoms with E-state index in [4.69, 9.17) is 14.1 Å². The molecular weight excluding hydrogens is 436 g/mol. The molecule has 0 saturated carbocycles. The Bertz CT molecular complexity index is 1170. The fourth-order valence-corrected chi connectivity index (χ4v) is 3.48. The third-order valence-electron chi connectivity index (χ3n) is 3.26. The van der Waals surface area contributed by atoms with Crippen molar-refractivity contribution in [1.29, 1.82) is 0 Å². The second-order valence-electron chi connectivity index (χ2n) is 5.49. The largest absolute Gasteiger partial charge is 0.513 e. The topological polar surface area (TPSA) is 73.9 Å². The number of nitrogens with one attached hydrogen (secondary N) is 1. The number of rotatable bonds is 8. The van der Waals surface area contributed by atoms with Crippen LogP contribution in [0.15, 0.2) is 30.3 Å². The van der Waals surface area contributed by atoms with Gasteiger partial charge in [0.2, 0.25) is 34.8 Å². The van der Waals surface area contributed by atoms with Crippen molar-refractivity contribution in [2.45, 2.75) is 32.7 Å². The molecule has 30 heavy (non-hydrogen) atoms. The van der Waals surface area contributed by atoms with Crippen molar-refractivity contribution in [2.75, 3.05) is 0 Å². The summed E-state index contributed by atoms with van der Waals surface area (Å²) in [6.07, 6.45) is -3.81. The molecule has 0 aliphatic heterocycles. The van der Waals surface area contributed by atoms with E-state index in [2.05, 4.69) is 9.26 Å². The minimum absolute atomic E-state index is 0.359. The molecule has 0 saturated heterocycles. The van der Waals surface area contributed by atoms with Gasteiger partial charge in [0, 0.05) is 8.22 Å². The molecule has 164 valence electrons. The molecule has 2 atom stereocenters. The van der Waals surface area contributed by atoms with Gasteiger partial charge in [0.1, 0.15) is 11.8 Å². The predicted octanol–water partition coefficient (Wildman–Crippen LogP) is 4.88. The number of hydrogen-bond donors (Lipinski definition) is 1. The maximum absolute atomic E-state index is 14.2. The number of ether oxygens (including phenoxy) is 1. The Balaban J connectivity index is 2.48. The van der Waals surface area contributed by atoms with Gasteiger partial charge in [-0.3, -0.25) is 4.79 Å². The van der Waals surface area contributed by atoms with E-state index >= 15 is 0 Å². The summed E-state index contributed by atoms with van der Waals surface area (Å²) < 4.78 is 147. The zero-order valence-corrected chi connectivity index (χ0v) is 15.7. The highest BCUT2D eigenvalue weighted by molar-refractivity contribution is 7.52. The Morgan fingerprint density at radius 2 is 1.53 bits per heavy atom. The summed E-state index contributed by atoms with van der Waals surface area (Å²) in [4.78, 5) is 12.5. The molecule has 2 aromatic rings. The van der Waals surface area contributed by atoms with Crippen molar-refractivity contribution in [3.63, 3.8) is 0 Å². The highest BCUT2D eigenvalue weighted by Crippen LogP contribution is 2.47. The number of carbonyl (C=O) groups is 1. The summed E-state index contributed by atoms with van der Waals surface area (Å²) in [5.74, 6) is -16.8. The fraction of sp³-hybridized carbons (Fsp3) is 0.278. The van der Waals surface area contributed by atoms with Crippen LogP contribution in [0.2, 0.25) is 0 Å². The van der Waals surface area contributed by atoms with Crippen LogP contribution in [0.3, 0.4) is 0 Å². The van der Waals surface area contributed by atoms with Crippen LogP contribution in [0, 0.1) is 29.1 Å². The maximum atomic E-state index is 14.2. The van der Waals surface area contributed by atoms with Crippen LogP contribution in [0.4, 0.5) is 22.0 Å². The van der Waals surface area contributed by atoms with Crippen molar-refractivity contribution in [3.05, 3.63) is 59.4 Å². The normalized spacial score (nSPS) is 18.8. The molecule has 0 aliphatic carbocycles. The molecule has 0 amide bonds. The lowest BCUT2D eigenvalue weighted by Gasteiger charge is -2.24. The number of benzene rings is 2. The van der Waals surface area contributed by atoms with Gasteiger partial charge in [-0.2, -0.15) is 13.9 Å². The minimum Gasteiger partial charge on any atom is -0.462 e. The van der Waals surface area contributed by atoms with Crippen molar-refractivity contribution < 1.29 is 54.7 Å². The number of hydrogen-bond acceptors (Lipinski definition) is 5. The first-order valence-electron chi connectivity index (χ1n) is 11.3. The van der Waals surface area contributed by atoms with Crippen LogP contribution in [0.25, 0.3) is 0 Å². The Hall–Kier alpha value is -2.65. The molecular formula is C18H17F5NO5P. The Morgan fingerprint density at radius 1 is 1.00 bits per heavy atom. The van der Waals surface area contributed by atoms with E-state index < -0.39 is 74.4 Å². The quantitative estimate of drug-likeness (QED) is 0.199. The summed E-state index contributed by atoms with van der Waals surface area (Å²) in [6, 6.07) is 4.24. The van der Waals surface area contributed by atoms with E-state index in [1.807, 2.05) is 0 Å². The average molecular weight is 460 g/mol. The highest BCUT2D eigenvalue weighted by atomic mass is 31.2. The van der Waals surface area contributed by atoms with E-state index in [0.717, 1.165) is 19.1 Å². The number of esters is 1. The van der Waals surface area contributed by atoms with E-state index in [-0.39, 0.29) is 5.75 Å². The lowest BCUT2D eigenvalue weighted by molar-refractivity contribution is -0.149. The van der Waals surface area contributed by atoms with Crippen LogP contribution in [0.1, 0.15) is 30.2 Å². The Morgan fingerprint density at radius 3 is 2.07 bits per heavy atom. The van der Waals surface area contributed by atoms with Gasteiger partial charge >= 0.3 is 13.7 Å². The van der Waals surface area contributed by atoms with Crippen LogP contribution >= 0.6 is 7.75 Å². The van der Waals surface area contributed by atoms with Gasteiger partial charge in [-0.1, -0.05) is 18.2 Å². The first-order valence-corrected chi connectivity index (χ1v) is 9.34. The zero-order chi connectivity index (χ0) is 28.6.